The zero-order valence-corrected chi connectivity index (χ0v) is 12.9. The first-order chi connectivity index (χ1) is 10.1. The molecule has 0 fully saturated rings. The predicted octanol–water partition coefficient (Wildman–Crippen LogP) is 3.71. The van der Waals surface area contributed by atoms with Crippen molar-refractivity contribution in [2.45, 2.75) is 33.0 Å². The lowest BCUT2D eigenvalue weighted by Gasteiger charge is -2.27. The van der Waals surface area contributed by atoms with Crippen molar-refractivity contribution in [3.8, 4) is 0 Å². The molecule has 0 aliphatic carbocycles. The van der Waals surface area contributed by atoms with Gasteiger partial charge in [-0.05, 0) is 17.0 Å². The standard InChI is InChI=1S/C19H25NO/c1-16(2)19(21)15-20(13-17-9-5-3-6-10-17)14-18-11-7-4-8-12-18/h3-12,16,19,21H,13-15H2,1-2H3/t19-/m1/s1. The smallest absolute Gasteiger partial charge is 0.0690 e. The van der Waals surface area contributed by atoms with Crippen molar-refractivity contribution in [3.63, 3.8) is 0 Å². The molecule has 1 N–H and O–H groups in total. The van der Waals surface area contributed by atoms with Gasteiger partial charge >= 0.3 is 0 Å². The van der Waals surface area contributed by atoms with Gasteiger partial charge < -0.3 is 5.11 Å². The molecule has 2 heteroatoms. The fraction of sp³-hybridized carbons (Fsp3) is 0.368. The Bertz CT molecular complexity index is 468. The highest BCUT2D eigenvalue weighted by molar-refractivity contribution is 5.17. The van der Waals surface area contributed by atoms with E-state index in [0.717, 1.165) is 13.1 Å². The highest BCUT2D eigenvalue weighted by atomic mass is 16.3. The van der Waals surface area contributed by atoms with Crippen LogP contribution in [-0.2, 0) is 13.1 Å². The topological polar surface area (TPSA) is 23.5 Å². The van der Waals surface area contributed by atoms with Crippen molar-refractivity contribution in [3.05, 3.63) is 71.8 Å². The SMILES string of the molecule is CC(C)[C@H](O)CN(Cc1ccccc1)Cc1ccccc1. The Morgan fingerprint density at radius 3 is 1.62 bits per heavy atom. The Kier molecular flexibility index (Phi) is 5.97. The summed E-state index contributed by atoms with van der Waals surface area (Å²) in [6.07, 6.45) is -0.294. The maximum Gasteiger partial charge on any atom is 0.0690 e. The van der Waals surface area contributed by atoms with E-state index in [9.17, 15) is 5.11 Å². The largest absolute Gasteiger partial charge is 0.392 e. The molecule has 0 aromatic heterocycles. The first kappa shape index (κ1) is 15.7. The van der Waals surface area contributed by atoms with E-state index in [-0.39, 0.29) is 12.0 Å². The number of nitrogens with zero attached hydrogens (tertiary/aromatic N) is 1. The van der Waals surface area contributed by atoms with Crippen LogP contribution in [0.3, 0.4) is 0 Å². The molecule has 0 bridgehead atoms. The number of hydrogen-bond acceptors (Lipinski definition) is 2. The molecular formula is C19H25NO. The zero-order chi connectivity index (χ0) is 15.1. The van der Waals surface area contributed by atoms with Crippen molar-refractivity contribution >= 4 is 0 Å². The molecule has 0 radical (unpaired) electrons. The number of aliphatic hydroxyl groups is 1. The summed E-state index contributed by atoms with van der Waals surface area (Å²) in [6, 6.07) is 20.9. The minimum atomic E-state index is -0.294. The molecule has 0 amide bonds. The molecule has 2 aromatic rings. The third-order valence-corrected chi connectivity index (χ3v) is 3.71. The third-order valence-electron chi connectivity index (χ3n) is 3.71. The van der Waals surface area contributed by atoms with Gasteiger partial charge in [-0.25, -0.2) is 0 Å². The molecule has 0 saturated carbocycles. The Labute approximate surface area is 128 Å². The summed E-state index contributed by atoms with van der Waals surface area (Å²) in [5, 5.41) is 10.2. The van der Waals surface area contributed by atoms with Gasteiger partial charge in [0, 0.05) is 19.6 Å². The van der Waals surface area contributed by atoms with Crippen molar-refractivity contribution in [2.24, 2.45) is 5.92 Å². The second-order valence-electron chi connectivity index (χ2n) is 5.95. The van der Waals surface area contributed by atoms with Crippen LogP contribution >= 0.6 is 0 Å². The molecule has 0 spiro atoms. The molecule has 0 unspecified atom stereocenters. The van der Waals surface area contributed by atoms with E-state index in [0.29, 0.717) is 6.54 Å². The summed E-state index contributed by atoms with van der Waals surface area (Å²) < 4.78 is 0. The van der Waals surface area contributed by atoms with Crippen LogP contribution in [0, 0.1) is 5.92 Å². The lowest BCUT2D eigenvalue weighted by molar-refractivity contribution is 0.0699. The van der Waals surface area contributed by atoms with Gasteiger partial charge in [-0.3, -0.25) is 4.90 Å². The van der Waals surface area contributed by atoms with Gasteiger partial charge in [0.2, 0.25) is 0 Å². The first-order valence-electron chi connectivity index (χ1n) is 7.63. The summed E-state index contributed by atoms with van der Waals surface area (Å²) >= 11 is 0. The van der Waals surface area contributed by atoms with E-state index in [4.69, 9.17) is 0 Å². The molecule has 0 aliphatic rings. The first-order valence-corrected chi connectivity index (χ1v) is 7.63. The predicted molar refractivity (Wildman–Crippen MR) is 87.8 cm³/mol. The normalized spacial score (nSPS) is 12.8. The van der Waals surface area contributed by atoms with Gasteiger partial charge in [0.1, 0.15) is 0 Å². The summed E-state index contributed by atoms with van der Waals surface area (Å²) in [4.78, 5) is 2.31. The van der Waals surface area contributed by atoms with E-state index in [1.807, 2.05) is 12.1 Å². The van der Waals surface area contributed by atoms with Gasteiger partial charge in [0.05, 0.1) is 6.10 Å². The van der Waals surface area contributed by atoms with Gasteiger partial charge in [-0.1, -0.05) is 74.5 Å². The van der Waals surface area contributed by atoms with Crippen LogP contribution in [0.2, 0.25) is 0 Å². The van der Waals surface area contributed by atoms with Gasteiger partial charge in [-0.15, -0.1) is 0 Å². The Hall–Kier alpha value is -1.64. The molecule has 0 aliphatic heterocycles. The molecule has 21 heavy (non-hydrogen) atoms. The molecular weight excluding hydrogens is 258 g/mol. The quantitative estimate of drug-likeness (QED) is 0.837. The van der Waals surface area contributed by atoms with Crippen LogP contribution in [0.15, 0.2) is 60.7 Å². The van der Waals surface area contributed by atoms with E-state index >= 15 is 0 Å². The number of rotatable bonds is 7. The molecule has 2 aromatic carbocycles. The van der Waals surface area contributed by atoms with Gasteiger partial charge in [0.15, 0.2) is 0 Å². The van der Waals surface area contributed by atoms with E-state index in [1.165, 1.54) is 11.1 Å². The van der Waals surface area contributed by atoms with E-state index < -0.39 is 0 Å². The minimum Gasteiger partial charge on any atom is -0.392 e. The molecule has 1 atom stereocenters. The van der Waals surface area contributed by atoms with Gasteiger partial charge in [0.25, 0.3) is 0 Å². The maximum atomic E-state index is 10.2. The Morgan fingerprint density at radius 2 is 1.24 bits per heavy atom. The summed E-state index contributed by atoms with van der Waals surface area (Å²) in [6.45, 7) is 6.54. The average Bonchev–Trinajstić information content (AvgIpc) is 2.49. The second-order valence-corrected chi connectivity index (χ2v) is 5.95. The van der Waals surface area contributed by atoms with Crippen molar-refractivity contribution in [1.82, 2.24) is 4.90 Å². The van der Waals surface area contributed by atoms with E-state index in [1.54, 1.807) is 0 Å². The molecule has 0 saturated heterocycles. The second kappa shape index (κ2) is 7.96. The van der Waals surface area contributed by atoms with Crippen LogP contribution < -0.4 is 0 Å². The maximum absolute atomic E-state index is 10.2. The highest BCUT2D eigenvalue weighted by Crippen LogP contribution is 2.13. The monoisotopic (exact) mass is 283 g/mol. The molecule has 0 heterocycles. The van der Waals surface area contributed by atoms with Crippen molar-refractivity contribution in [1.29, 1.82) is 0 Å². The van der Waals surface area contributed by atoms with Crippen LogP contribution in [0.4, 0.5) is 0 Å². The average molecular weight is 283 g/mol. The molecule has 2 rings (SSSR count). The number of aliphatic hydroxyl groups excluding tert-OH is 1. The highest BCUT2D eigenvalue weighted by Gasteiger charge is 2.15. The van der Waals surface area contributed by atoms with Crippen LogP contribution in [0.25, 0.3) is 0 Å². The summed E-state index contributed by atoms with van der Waals surface area (Å²) in [5.74, 6) is 0.277. The van der Waals surface area contributed by atoms with E-state index in [2.05, 4.69) is 67.3 Å². The van der Waals surface area contributed by atoms with Crippen molar-refractivity contribution < 1.29 is 5.11 Å². The Balaban J connectivity index is 2.06. The molecule has 112 valence electrons. The van der Waals surface area contributed by atoms with Gasteiger partial charge in [-0.2, -0.15) is 0 Å². The number of benzene rings is 2. The van der Waals surface area contributed by atoms with Crippen molar-refractivity contribution in [2.75, 3.05) is 6.54 Å². The minimum absolute atomic E-state index is 0.277. The summed E-state index contributed by atoms with van der Waals surface area (Å²) in [7, 11) is 0. The van der Waals surface area contributed by atoms with Crippen LogP contribution in [-0.4, -0.2) is 22.7 Å². The fourth-order valence-corrected chi connectivity index (χ4v) is 2.34. The lowest BCUT2D eigenvalue weighted by Crippen LogP contribution is -2.34. The van der Waals surface area contributed by atoms with Crippen LogP contribution in [0.1, 0.15) is 25.0 Å². The fourth-order valence-electron chi connectivity index (χ4n) is 2.34. The zero-order valence-electron chi connectivity index (χ0n) is 12.9. The van der Waals surface area contributed by atoms with Crippen LogP contribution in [0.5, 0.6) is 0 Å². The third kappa shape index (κ3) is 5.33. The lowest BCUT2D eigenvalue weighted by atomic mass is 10.1. The molecule has 2 nitrogen and oxygen atoms in total. The summed E-state index contributed by atoms with van der Waals surface area (Å²) in [5.41, 5.74) is 2.56. The number of hydrogen-bond donors (Lipinski definition) is 1. The Morgan fingerprint density at radius 1 is 0.810 bits per heavy atom.